The Morgan fingerprint density at radius 2 is 1.14 bits per heavy atom. The molecular weight excluding hydrogens is 256 g/mol. The second-order valence-electron chi connectivity index (χ2n) is 6.36. The summed E-state index contributed by atoms with van der Waals surface area (Å²) in [5.74, 6) is 0.496. The number of unbranched alkanes of at least 4 members (excludes halogenated alkanes) is 12. The SMILES string of the molecule is C=CCCCCCCCCC(=O)CCCCCCCCC. The van der Waals surface area contributed by atoms with E-state index in [9.17, 15) is 4.79 Å². The van der Waals surface area contributed by atoms with Crippen LogP contribution in [0.4, 0.5) is 0 Å². The Hall–Kier alpha value is -0.590. The molecule has 0 unspecified atom stereocenters. The monoisotopic (exact) mass is 294 g/mol. The zero-order valence-electron chi connectivity index (χ0n) is 14.5. The Bertz CT molecular complexity index is 232. The van der Waals surface area contributed by atoms with Crippen LogP contribution in [0.5, 0.6) is 0 Å². The molecule has 0 atom stereocenters. The van der Waals surface area contributed by atoms with Crippen LogP contribution >= 0.6 is 0 Å². The lowest BCUT2D eigenvalue weighted by Gasteiger charge is -2.03. The highest BCUT2D eigenvalue weighted by Crippen LogP contribution is 2.12. The third-order valence-corrected chi connectivity index (χ3v) is 4.17. The lowest BCUT2D eigenvalue weighted by molar-refractivity contribution is -0.119. The quantitative estimate of drug-likeness (QED) is 0.208. The highest BCUT2D eigenvalue weighted by atomic mass is 16.1. The molecule has 0 saturated carbocycles. The van der Waals surface area contributed by atoms with Gasteiger partial charge in [-0.05, 0) is 25.7 Å². The Morgan fingerprint density at radius 1 is 0.714 bits per heavy atom. The van der Waals surface area contributed by atoms with Crippen LogP contribution in [-0.2, 0) is 4.79 Å². The minimum Gasteiger partial charge on any atom is -0.300 e. The molecule has 0 aromatic rings. The van der Waals surface area contributed by atoms with Gasteiger partial charge in [0.15, 0.2) is 0 Å². The van der Waals surface area contributed by atoms with Crippen molar-refractivity contribution in [2.45, 2.75) is 110 Å². The van der Waals surface area contributed by atoms with Gasteiger partial charge in [0.2, 0.25) is 0 Å². The van der Waals surface area contributed by atoms with E-state index in [0.717, 1.165) is 32.1 Å². The van der Waals surface area contributed by atoms with Gasteiger partial charge in [0, 0.05) is 12.8 Å². The van der Waals surface area contributed by atoms with E-state index in [1.165, 1.54) is 70.6 Å². The van der Waals surface area contributed by atoms with Gasteiger partial charge in [0.25, 0.3) is 0 Å². The van der Waals surface area contributed by atoms with E-state index < -0.39 is 0 Å². The van der Waals surface area contributed by atoms with E-state index in [4.69, 9.17) is 0 Å². The van der Waals surface area contributed by atoms with Crippen molar-refractivity contribution in [3.63, 3.8) is 0 Å². The molecule has 1 nitrogen and oxygen atoms in total. The largest absolute Gasteiger partial charge is 0.300 e. The summed E-state index contributed by atoms with van der Waals surface area (Å²) >= 11 is 0. The minimum atomic E-state index is 0.496. The minimum absolute atomic E-state index is 0.496. The molecule has 0 heterocycles. The van der Waals surface area contributed by atoms with Crippen LogP contribution < -0.4 is 0 Å². The first kappa shape index (κ1) is 20.4. The van der Waals surface area contributed by atoms with Crippen LogP contribution in [0.3, 0.4) is 0 Å². The van der Waals surface area contributed by atoms with Gasteiger partial charge in [-0.15, -0.1) is 6.58 Å². The molecule has 0 aliphatic rings. The molecule has 21 heavy (non-hydrogen) atoms. The van der Waals surface area contributed by atoms with Crippen molar-refractivity contribution in [2.75, 3.05) is 0 Å². The maximum Gasteiger partial charge on any atom is 0.132 e. The number of rotatable bonds is 17. The molecule has 0 aliphatic carbocycles. The number of Topliss-reactive ketones (excluding diaryl/α,β-unsaturated/α-hetero) is 1. The Labute approximate surface area is 133 Å². The topological polar surface area (TPSA) is 17.1 Å². The van der Waals surface area contributed by atoms with Crippen LogP contribution in [0.15, 0.2) is 12.7 Å². The second-order valence-corrected chi connectivity index (χ2v) is 6.36. The Morgan fingerprint density at radius 3 is 1.62 bits per heavy atom. The van der Waals surface area contributed by atoms with E-state index >= 15 is 0 Å². The molecule has 1 heteroatoms. The average Bonchev–Trinajstić information content (AvgIpc) is 2.49. The van der Waals surface area contributed by atoms with E-state index in [0.29, 0.717) is 5.78 Å². The molecule has 0 aromatic carbocycles. The molecule has 0 spiro atoms. The standard InChI is InChI=1S/C20H38O/c1-3-5-7-9-11-13-15-17-19-20(21)18-16-14-12-10-8-6-4-2/h3H,1,4-19H2,2H3. The number of carbonyl (C=O) groups excluding carboxylic acids is 1. The molecule has 0 bridgehead atoms. The van der Waals surface area contributed by atoms with Crippen molar-refractivity contribution in [3.8, 4) is 0 Å². The summed E-state index contributed by atoms with van der Waals surface area (Å²) in [6, 6.07) is 0. The van der Waals surface area contributed by atoms with Gasteiger partial charge in [0.05, 0.1) is 0 Å². The van der Waals surface area contributed by atoms with Crippen LogP contribution in [0.25, 0.3) is 0 Å². The summed E-state index contributed by atoms with van der Waals surface area (Å²) < 4.78 is 0. The maximum absolute atomic E-state index is 11.7. The first-order valence-electron chi connectivity index (χ1n) is 9.43. The first-order chi connectivity index (χ1) is 10.3. The van der Waals surface area contributed by atoms with Gasteiger partial charge >= 0.3 is 0 Å². The predicted octanol–water partition coefficient (Wildman–Crippen LogP) is 7.00. The van der Waals surface area contributed by atoms with Gasteiger partial charge in [0.1, 0.15) is 5.78 Å². The fourth-order valence-electron chi connectivity index (χ4n) is 2.72. The van der Waals surface area contributed by atoms with Crippen LogP contribution in [0.1, 0.15) is 110 Å². The Kier molecular flexibility index (Phi) is 17.0. The van der Waals surface area contributed by atoms with Crippen molar-refractivity contribution in [2.24, 2.45) is 0 Å². The summed E-state index contributed by atoms with van der Waals surface area (Å²) in [7, 11) is 0. The summed E-state index contributed by atoms with van der Waals surface area (Å²) in [6.07, 6.45) is 21.4. The summed E-state index contributed by atoms with van der Waals surface area (Å²) in [5, 5.41) is 0. The average molecular weight is 295 g/mol. The molecule has 0 rings (SSSR count). The molecule has 0 N–H and O–H groups in total. The molecule has 124 valence electrons. The second kappa shape index (κ2) is 17.5. The van der Waals surface area contributed by atoms with Crippen LogP contribution in [0, 0.1) is 0 Å². The normalized spacial score (nSPS) is 10.7. The third kappa shape index (κ3) is 17.4. The van der Waals surface area contributed by atoms with Crippen molar-refractivity contribution in [3.05, 3.63) is 12.7 Å². The van der Waals surface area contributed by atoms with Crippen molar-refractivity contribution in [1.82, 2.24) is 0 Å². The van der Waals surface area contributed by atoms with E-state index in [1.807, 2.05) is 6.08 Å². The van der Waals surface area contributed by atoms with Crippen LogP contribution in [0.2, 0.25) is 0 Å². The third-order valence-electron chi connectivity index (χ3n) is 4.17. The zero-order chi connectivity index (χ0) is 15.6. The fourth-order valence-corrected chi connectivity index (χ4v) is 2.72. The highest BCUT2D eigenvalue weighted by Gasteiger charge is 2.01. The van der Waals surface area contributed by atoms with Gasteiger partial charge < -0.3 is 0 Å². The number of allylic oxidation sites excluding steroid dienone is 1. The van der Waals surface area contributed by atoms with Crippen LogP contribution in [-0.4, -0.2) is 5.78 Å². The lowest BCUT2D eigenvalue weighted by Crippen LogP contribution is -1.97. The van der Waals surface area contributed by atoms with Crippen molar-refractivity contribution in [1.29, 1.82) is 0 Å². The van der Waals surface area contributed by atoms with Crippen molar-refractivity contribution < 1.29 is 4.79 Å². The fraction of sp³-hybridized carbons (Fsp3) is 0.850. The van der Waals surface area contributed by atoms with E-state index in [2.05, 4.69) is 13.5 Å². The van der Waals surface area contributed by atoms with E-state index in [1.54, 1.807) is 0 Å². The molecular formula is C20H38O. The number of ketones is 1. The predicted molar refractivity (Wildman–Crippen MR) is 94.8 cm³/mol. The van der Waals surface area contributed by atoms with Crippen molar-refractivity contribution >= 4 is 5.78 Å². The summed E-state index contributed by atoms with van der Waals surface area (Å²) in [4.78, 5) is 11.7. The van der Waals surface area contributed by atoms with Gasteiger partial charge in [-0.25, -0.2) is 0 Å². The van der Waals surface area contributed by atoms with Gasteiger partial charge in [-0.3, -0.25) is 4.79 Å². The molecule has 0 aliphatic heterocycles. The number of hydrogen-bond acceptors (Lipinski definition) is 1. The Balaban J connectivity index is 3.14. The van der Waals surface area contributed by atoms with E-state index in [-0.39, 0.29) is 0 Å². The number of carbonyl (C=O) groups is 1. The molecule has 0 saturated heterocycles. The zero-order valence-corrected chi connectivity index (χ0v) is 14.5. The first-order valence-corrected chi connectivity index (χ1v) is 9.43. The number of hydrogen-bond donors (Lipinski definition) is 0. The molecule has 0 fully saturated rings. The highest BCUT2D eigenvalue weighted by molar-refractivity contribution is 5.78. The lowest BCUT2D eigenvalue weighted by atomic mass is 10.0. The molecule has 0 amide bonds. The smallest absolute Gasteiger partial charge is 0.132 e. The molecule has 0 aromatic heterocycles. The van der Waals surface area contributed by atoms with Gasteiger partial charge in [-0.1, -0.05) is 77.2 Å². The molecule has 0 radical (unpaired) electrons. The maximum atomic E-state index is 11.7. The summed E-state index contributed by atoms with van der Waals surface area (Å²) in [5.41, 5.74) is 0. The van der Waals surface area contributed by atoms with Gasteiger partial charge in [-0.2, -0.15) is 0 Å². The summed E-state index contributed by atoms with van der Waals surface area (Å²) in [6.45, 7) is 5.99.